The van der Waals surface area contributed by atoms with Crippen LogP contribution in [0.4, 0.5) is 0 Å². The monoisotopic (exact) mass is 342 g/mol. The predicted molar refractivity (Wildman–Crippen MR) is 95.2 cm³/mol. The smallest absolute Gasteiger partial charge is 0.367 e. The van der Waals surface area contributed by atoms with Crippen LogP contribution in [0.5, 0.6) is 0 Å². The van der Waals surface area contributed by atoms with Gasteiger partial charge < -0.3 is 4.74 Å². The van der Waals surface area contributed by atoms with Gasteiger partial charge in [0.05, 0.1) is 32.6 Å². The first-order valence-corrected chi connectivity index (χ1v) is 8.78. The molecule has 2 aromatic carbocycles. The van der Waals surface area contributed by atoms with E-state index in [2.05, 4.69) is 16.0 Å². The first-order chi connectivity index (χ1) is 11.3. The molecule has 4 aromatic rings. The summed E-state index contributed by atoms with van der Waals surface area (Å²) in [5, 5.41) is 0.424. The highest BCUT2D eigenvalue weighted by Gasteiger charge is 2.12. The van der Waals surface area contributed by atoms with Crippen LogP contribution < -0.4 is 0 Å². The summed E-state index contributed by atoms with van der Waals surface area (Å²) in [4.78, 5) is 19.7. The standard InChI is InChI=1S/C10H9NO2S.C7H5NS/c1-2-13-10(12)9-11-7-5-3-4-6-8(7)14-9;1-2-4-7-6(3-1)8-5-9-7/h3-6H,2H2,1H3;1-5H. The number of hydrogen-bond acceptors (Lipinski definition) is 6. The maximum atomic E-state index is 11.3. The van der Waals surface area contributed by atoms with Crippen molar-refractivity contribution >= 4 is 49.1 Å². The second kappa shape index (κ2) is 7.30. The molecule has 4 rings (SSSR count). The Balaban J connectivity index is 0.000000149. The van der Waals surface area contributed by atoms with Gasteiger partial charge in [-0.2, -0.15) is 0 Å². The fourth-order valence-electron chi connectivity index (χ4n) is 1.96. The number of para-hydroxylation sites is 2. The molecule has 0 N–H and O–H groups in total. The van der Waals surface area contributed by atoms with Crippen molar-refractivity contribution in [3.63, 3.8) is 0 Å². The molecule has 4 nitrogen and oxygen atoms in total. The summed E-state index contributed by atoms with van der Waals surface area (Å²) in [6.45, 7) is 2.17. The molecule has 0 amide bonds. The zero-order valence-electron chi connectivity index (χ0n) is 12.4. The Labute approximate surface area is 141 Å². The van der Waals surface area contributed by atoms with Crippen LogP contribution in [-0.4, -0.2) is 22.5 Å². The number of rotatable bonds is 2. The molecular weight excluding hydrogens is 328 g/mol. The summed E-state index contributed by atoms with van der Waals surface area (Å²) in [6, 6.07) is 15.8. The topological polar surface area (TPSA) is 52.1 Å². The second-order valence-corrected chi connectivity index (χ2v) is 6.44. The summed E-state index contributed by atoms with van der Waals surface area (Å²) in [7, 11) is 0. The number of nitrogens with zero attached hydrogens (tertiary/aromatic N) is 2. The number of fused-ring (bicyclic) bond motifs is 2. The molecule has 0 aliphatic rings. The zero-order valence-corrected chi connectivity index (χ0v) is 14.1. The first kappa shape index (κ1) is 15.6. The number of aromatic nitrogens is 2. The largest absolute Gasteiger partial charge is 0.461 e. The SMILES string of the molecule is CCOC(=O)c1nc2ccccc2s1.c1ccc2scnc2c1. The summed E-state index contributed by atoms with van der Waals surface area (Å²) in [5.41, 5.74) is 3.81. The maximum Gasteiger partial charge on any atom is 0.367 e. The van der Waals surface area contributed by atoms with Crippen molar-refractivity contribution in [2.24, 2.45) is 0 Å². The molecule has 0 bridgehead atoms. The van der Waals surface area contributed by atoms with E-state index in [0.717, 1.165) is 15.7 Å². The van der Waals surface area contributed by atoms with E-state index in [0.29, 0.717) is 11.6 Å². The van der Waals surface area contributed by atoms with E-state index in [1.807, 2.05) is 48.0 Å². The van der Waals surface area contributed by atoms with E-state index in [-0.39, 0.29) is 5.97 Å². The van der Waals surface area contributed by atoms with Gasteiger partial charge in [0.25, 0.3) is 0 Å². The predicted octanol–water partition coefficient (Wildman–Crippen LogP) is 4.77. The number of carbonyl (C=O) groups is 1. The van der Waals surface area contributed by atoms with Crippen molar-refractivity contribution in [2.45, 2.75) is 6.92 Å². The van der Waals surface area contributed by atoms with Crippen LogP contribution in [0.2, 0.25) is 0 Å². The molecule has 0 atom stereocenters. The lowest BCUT2D eigenvalue weighted by Gasteiger charge is -1.94. The minimum absolute atomic E-state index is 0.339. The Morgan fingerprint density at radius 3 is 2.43 bits per heavy atom. The highest BCUT2D eigenvalue weighted by molar-refractivity contribution is 7.20. The molecule has 0 aliphatic carbocycles. The van der Waals surface area contributed by atoms with Crippen LogP contribution >= 0.6 is 22.7 Å². The van der Waals surface area contributed by atoms with E-state index in [1.54, 1.807) is 18.3 Å². The highest BCUT2D eigenvalue weighted by Crippen LogP contribution is 2.21. The Morgan fingerprint density at radius 1 is 1.04 bits per heavy atom. The highest BCUT2D eigenvalue weighted by atomic mass is 32.1. The minimum Gasteiger partial charge on any atom is -0.461 e. The Bertz CT molecular complexity index is 867. The molecule has 0 aliphatic heterocycles. The number of esters is 1. The molecule has 116 valence electrons. The Hall–Kier alpha value is -2.31. The Morgan fingerprint density at radius 2 is 1.74 bits per heavy atom. The van der Waals surface area contributed by atoms with Gasteiger partial charge in [0.2, 0.25) is 5.01 Å². The average molecular weight is 342 g/mol. The van der Waals surface area contributed by atoms with Gasteiger partial charge in [-0.15, -0.1) is 22.7 Å². The van der Waals surface area contributed by atoms with Gasteiger partial charge in [0.15, 0.2) is 0 Å². The van der Waals surface area contributed by atoms with Gasteiger partial charge in [-0.1, -0.05) is 24.3 Å². The van der Waals surface area contributed by atoms with Gasteiger partial charge >= 0.3 is 5.97 Å². The number of benzene rings is 2. The molecule has 0 fully saturated rings. The van der Waals surface area contributed by atoms with Crippen molar-refractivity contribution in [1.29, 1.82) is 0 Å². The van der Waals surface area contributed by atoms with Gasteiger partial charge in [-0.25, -0.2) is 14.8 Å². The third kappa shape index (κ3) is 3.72. The van der Waals surface area contributed by atoms with Crippen molar-refractivity contribution in [1.82, 2.24) is 9.97 Å². The fraction of sp³-hybridized carbons (Fsp3) is 0.118. The molecule has 0 radical (unpaired) electrons. The summed E-state index contributed by atoms with van der Waals surface area (Å²) in [5.74, 6) is -0.339. The molecule has 0 spiro atoms. The van der Waals surface area contributed by atoms with Crippen LogP contribution in [0.25, 0.3) is 20.4 Å². The molecule has 2 heterocycles. The van der Waals surface area contributed by atoms with Crippen LogP contribution in [0, 0.1) is 0 Å². The number of ether oxygens (including phenoxy) is 1. The van der Waals surface area contributed by atoms with Crippen LogP contribution in [0.15, 0.2) is 54.0 Å². The maximum absolute atomic E-state index is 11.3. The van der Waals surface area contributed by atoms with E-state index in [1.165, 1.54) is 16.0 Å². The first-order valence-electron chi connectivity index (χ1n) is 7.09. The van der Waals surface area contributed by atoms with Gasteiger partial charge in [0.1, 0.15) is 0 Å². The lowest BCUT2D eigenvalue weighted by atomic mass is 10.3. The van der Waals surface area contributed by atoms with Crippen LogP contribution in [0.3, 0.4) is 0 Å². The zero-order chi connectivity index (χ0) is 16.1. The van der Waals surface area contributed by atoms with Crippen molar-refractivity contribution in [2.75, 3.05) is 6.61 Å². The van der Waals surface area contributed by atoms with E-state index >= 15 is 0 Å². The summed E-state index contributed by atoms with van der Waals surface area (Å²) < 4.78 is 7.14. The van der Waals surface area contributed by atoms with Crippen LogP contribution in [-0.2, 0) is 4.74 Å². The van der Waals surface area contributed by atoms with Gasteiger partial charge in [0, 0.05) is 0 Å². The van der Waals surface area contributed by atoms with Crippen molar-refractivity contribution in [3.05, 3.63) is 59.0 Å². The quantitative estimate of drug-likeness (QED) is 0.492. The number of hydrogen-bond donors (Lipinski definition) is 0. The van der Waals surface area contributed by atoms with Crippen molar-refractivity contribution < 1.29 is 9.53 Å². The fourth-order valence-corrected chi connectivity index (χ4v) is 3.49. The molecule has 6 heteroatoms. The number of thiazole rings is 2. The second-order valence-electron chi connectivity index (χ2n) is 4.53. The molecule has 0 unspecified atom stereocenters. The molecule has 0 saturated carbocycles. The third-order valence-electron chi connectivity index (χ3n) is 2.98. The van der Waals surface area contributed by atoms with E-state index < -0.39 is 0 Å². The lowest BCUT2D eigenvalue weighted by Crippen LogP contribution is -2.03. The van der Waals surface area contributed by atoms with Gasteiger partial charge in [-0.3, -0.25) is 0 Å². The molecule has 0 saturated heterocycles. The lowest BCUT2D eigenvalue weighted by molar-refractivity contribution is 0.0526. The van der Waals surface area contributed by atoms with Crippen LogP contribution in [0.1, 0.15) is 16.7 Å². The average Bonchev–Trinajstić information content (AvgIpc) is 3.22. The minimum atomic E-state index is -0.339. The Kier molecular flexibility index (Phi) is 4.95. The normalized spacial score (nSPS) is 10.3. The van der Waals surface area contributed by atoms with E-state index in [9.17, 15) is 4.79 Å². The molecule has 23 heavy (non-hydrogen) atoms. The van der Waals surface area contributed by atoms with Gasteiger partial charge in [-0.05, 0) is 31.2 Å². The third-order valence-corrected chi connectivity index (χ3v) is 4.81. The van der Waals surface area contributed by atoms with E-state index in [4.69, 9.17) is 4.74 Å². The summed E-state index contributed by atoms with van der Waals surface area (Å²) in [6.07, 6.45) is 0. The summed E-state index contributed by atoms with van der Waals surface area (Å²) >= 11 is 3.04. The molecular formula is C17H14N2O2S2. The van der Waals surface area contributed by atoms with Crippen molar-refractivity contribution in [3.8, 4) is 0 Å². The number of carbonyl (C=O) groups excluding carboxylic acids is 1. The molecule has 2 aromatic heterocycles.